The van der Waals surface area contributed by atoms with Gasteiger partial charge in [-0.1, -0.05) is 19.1 Å². The van der Waals surface area contributed by atoms with Crippen LogP contribution in [0.3, 0.4) is 0 Å². The number of thiazole rings is 1. The Kier molecular flexibility index (Phi) is 4.66. The Morgan fingerprint density at radius 3 is 2.83 bits per heavy atom. The van der Waals surface area contributed by atoms with Gasteiger partial charge < -0.3 is 5.32 Å². The molecule has 1 aromatic carbocycles. The van der Waals surface area contributed by atoms with E-state index >= 15 is 0 Å². The van der Waals surface area contributed by atoms with E-state index in [1.54, 1.807) is 11.3 Å². The molecule has 2 rings (SSSR count). The lowest BCUT2D eigenvalue weighted by atomic mass is 10.2. The number of aryl methyl sites for hydroxylation is 1. The Morgan fingerprint density at radius 2 is 2.17 bits per heavy atom. The van der Waals surface area contributed by atoms with Crippen molar-refractivity contribution >= 4 is 28.8 Å². The predicted molar refractivity (Wildman–Crippen MR) is 81.7 cm³/mol. The van der Waals surface area contributed by atoms with Crippen molar-refractivity contribution in [3.8, 4) is 0 Å². The molecule has 1 unspecified atom stereocenters. The van der Waals surface area contributed by atoms with Gasteiger partial charge in [0.1, 0.15) is 0 Å². The standard InChI is InChI=1S/C14H18N2S2/c1-4-17-13-8-6-5-7-12(13)16-11(3)14-10(2)15-9-18-14/h5-9,11,16H,4H2,1-3H3. The summed E-state index contributed by atoms with van der Waals surface area (Å²) in [6.45, 7) is 6.43. The summed E-state index contributed by atoms with van der Waals surface area (Å²) in [5.41, 5.74) is 4.25. The van der Waals surface area contributed by atoms with Gasteiger partial charge >= 0.3 is 0 Å². The van der Waals surface area contributed by atoms with Crippen LogP contribution in [0.25, 0.3) is 0 Å². The Morgan fingerprint density at radius 1 is 1.39 bits per heavy atom. The van der Waals surface area contributed by atoms with E-state index in [9.17, 15) is 0 Å². The molecule has 0 saturated heterocycles. The van der Waals surface area contributed by atoms with E-state index in [0.29, 0.717) is 6.04 Å². The second-order valence-corrected chi connectivity index (χ2v) is 6.29. The lowest BCUT2D eigenvalue weighted by Gasteiger charge is -2.17. The fraction of sp³-hybridized carbons (Fsp3) is 0.357. The zero-order valence-corrected chi connectivity index (χ0v) is 12.6. The number of aromatic nitrogens is 1. The first-order valence-electron chi connectivity index (χ1n) is 6.10. The number of hydrogen-bond acceptors (Lipinski definition) is 4. The Hall–Kier alpha value is -1.00. The summed E-state index contributed by atoms with van der Waals surface area (Å²) in [4.78, 5) is 6.94. The number of anilines is 1. The van der Waals surface area contributed by atoms with E-state index in [0.717, 1.165) is 11.4 Å². The number of nitrogens with one attached hydrogen (secondary N) is 1. The van der Waals surface area contributed by atoms with Crippen LogP contribution in [0.1, 0.15) is 30.5 Å². The summed E-state index contributed by atoms with van der Waals surface area (Å²) >= 11 is 3.59. The SMILES string of the molecule is CCSc1ccccc1NC(C)c1scnc1C. The minimum absolute atomic E-state index is 0.302. The maximum Gasteiger partial charge on any atom is 0.0798 e. The summed E-state index contributed by atoms with van der Waals surface area (Å²) < 4.78 is 0. The first-order valence-corrected chi connectivity index (χ1v) is 7.97. The molecule has 2 nitrogen and oxygen atoms in total. The van der Waals surface area contributed by atoms with Gasteiger partial charge in [-0.25, -0.2) is 4.98 Å². The van der Waals surface area contributed by atoms with Gasteiger partial charge in [0.25, 0.3) is 0 Å². The van der Waals surface area contributed by atoms with Crippen LogP contribution in [-0.2, 0) is 0 Å². The van der Waals surface area contributed by atoms with Crippen LogP contribution < -0.4 is 5.32 Å². The monoisotopic (exact) mass is 278 g/mol. The second-order valence-electron chi connectivity index (χ2n) is 4.10. The summed E-state index contributed by atoms with van der Waals surface area (Å²) in [6.07, 6.45) is 0. The number of hydrogen-bond donors (Lipinski definition) is 1. The molecule has 0 radical (unpaired) electrons. The molecule has 4 heteroatoms. The van der Waals surface area contributed by atoms with Gasteiger partial charge in [0, 0.05) is 15.5 Å². The van der Waals surface area contributed by atoms with Crippen molar-refractivity contribution in [1.29, 1.82) is 0 Å². The molecule has 96 valence electrons. The molecular weight excluding hydrogens is 260 g/mol. The molecule has 0 saturated carbocycles. The average molecular weight is 278 g/mol. The highest BCUT2D eigenvalue weighted by molar-refractivity contribution is 7.99. The van der Waals surface area contributed by atoms with Gasteiger partial charge in [-0.3, -0.25) is 0 Å². The van der Waals surface area contributed by atoms with Gasteiger partial charge in [-0.05, 0) is 31.7 Å². The van der Waals surface area contributed by atoms with Crippen molar-refractivity contribution in [2.45, 2.75) is 31.7 Å². The molecule has 18 heavy (non-hydrogen) atoms. The number of para-hydroxylation sites is 1. The van der Waals surface area contributed by atoms with Gasteiger partial charge in [0.05, 0.1) is 17.2 Å². The minimum Gasteiger partial charge on any atom is -0.377 e. The summed E-state index contributed by atoms with van der Waals surface area (Å²) in [7, 11) is 0. The van der Waals surface area contributed by atoms with Gasteiger partial charge in [-0.2, -0.15) is 0 Å². The van der Waals surface area contributed by atoms with E-state index in [1.165, 1.54) is 15.5 Å². The highest BCUT2D eigenvalue weighted by atomic mass is 32.2. The third-order valence-electron chi connectivity index (χ3n) is 2.73. The maximum absolute atomic E-state index is 4.31. The zero-order chi connectivity index (χ0) is 13.0. The van der Waals surface area contributed by atoms with Crippen LogP contribution >= 0.6 is 23.1 Å². The molecule has 0 amide bonds. The minimum atomic E-state index is 0.302. The molecule has 1 aromatic heterocycles. The molecule has 0 aliphatic heterocycles. The summed E-state index contributed by atoms with van der Waals surface area (Å²) in [5, 5.41) is 3.59. The van der Waals surface area contributed by atoms with E-state index in [4.69, 9.17) is 0 Å². The van der Waals surface area contributed by atoms with E-state index in [2.05, 4.69) is 55.3 Å². The average Bonchev–Trinajstić information content (AvgIpc) is 2.78. The van der Waals surface area contributed by atoms with E-state index in [1.807, 2.05) is 17.3 Å². The number of benzene rings is 1. The molecule has 0 bridgehead atoms. The molecule has 1 atom stereocenters. The number of rotatable bonds is 5. The molecular formula is C14H18N2S2. The first-order chi connectivity index (χ1) is 8.72. The highest BCUT2D eigenvalue weighted by Gasteiger charge is 2.12. The molecule has 1 heterocycles. The Labute approximate surface area is 117 Å². The summed E-state index contributed by atoms with van der Waals surface area (Å²) in [5.74, 6) is 1.09. The van der Waals surface area contributed by atoms with Crippen molar-refractivity contribution in [2.75, 3.05) is 11.1 Å². The van der Waals surface area contributed by atoms with E-state index in [-0.39, 0.29) is 0 Å². The predicted octanol–water partition coefficient (Wildman–Crippen LogP) is 4.74. The Bertz CT molecular complexity index is 508. The lowest BCUT2D eigenvalue weighted by Crippen LogP contribution is -2.07. The van der Waals surface area contributed by atoms with Crippen LogP contribution in [0, 0.1) is 6.92 Å². The number of nitrogens with zero attached hydrogens (tertiary/aromatic N) is 1. The van der Waals surface area contributed by atoms with Gasteiger partial charge in [-0.15, -0.1) is 23.1 Å². The van der Waals surface area contributed by atoms with Crippen LogP contribution in [0.4, 0.5) is 5.69 Å². The van der Waals surface area contributed by atoms with Crippen LogP contribution in [0.15, 0.2) is 34.7 Å². The van der Waals surface area contributed by atoms with Gasteiger partial charge in [0.2, 0.25) is 0 Å². The van der Waals surface area contributed by atoms with Crippen molar-refractivity contribution in [2.24, 2.45) is 0 Å². The molecule has 2 aromatic rings. The number of thioether (sulfide) groups is 1. The van der Waals surface area contributed by atoms with Crippen molar-refractivity contribution in [1.82, 2.24) is 4.98 Å². The smallest absolute Gasteiger partial charge is 0.0798 e. The zero-order valence-electron chi connectivity index (χ0n) is 10.9. The first kappa shape index (κ1) is 13.4. The van der Waals surface area contributed by atoms with Crippen LogP contribution in [0.5, 0.6) is 0 Å². The molecule has 0 aliphatic rings. The molecule has 0 fully saturated rings. The second kappa shape index (κ2) is 6.25. The highest BCUT2D eigenvalue weighted by Crippen LogP contribution is 2.31. The third kappa shape index (κ3) is 3.06. The largest absolute Gasteiger partial charge is 0.377 e. The van der Waals surface area contributed by atoms with Crippen LogP contribution in [0.2, 0.25) is 0 Å². The van der Waals surface area contributed by atoms with Gasteiger partial charge in [0.15, 0.2) is 0 Å². The normalized spacial score (nSPS) is 12.4. The van der Waals surface area contributed by atoms with Crippen molar-refractivity contribution in [3.63, 3.8) is 0 Å². The topological polar surface area (TPSA) is 24.9 Å². The maximum atomic E-state index is 4.31. The molecule has 0 spiro atoms. The quantitative estimate of drug-likeness (QED) is 0.800. The Balaban J connectivity index is 2.16. The fourth-order valence-corrected chi connectivity index (χ4v) is 3.47. The van der Waals surface area contributed by atoms with Crippen LogP contribution in [-0.4, -0.2) is 10.7 Å². The molecule has 1 N–H and O–H groups in total. The van der Waals surface area contributed by atoms with E-state index < -0.39 is 0 Å². The summed E-state index contributed by atoms with van der Waals surface area (Å²) in [6, 6.07) is 8.78. The third-order valence-corrected chi connectivity index (χ3v) is 4.80. The van der Waals surface area contributed by atoms with Crippen molar-refractivity contribution in [3.05, 3.63) is 40.3 Å². The molecule has 0 aliphatic carbocycles. The van der Waals surface area contributed by atoms with Crippen molar-refractivity contribution < 1.29 is 0 Å². The lowest BCUT2D eigenvalue weighted by molar-refractivity contribution is 0.885. The fourth-order valence-electron chi connectivity index (χ4n) is 1.89.